The molecule has 4 aliphatic rings. The topological polar surface area (TPSA) is 30.9 Å². The van der Waals surface area contributed by atoms with Crippen LogP contribution >= 0.6 is 0 Å². The van der Waals surface area contributed by atoms with Gasteiger partial charge in [0.1, 0.15) is 0 Å². The molecule has 4 heteroatoms. The van der Waals surface area contributed by atoms with Crippen LogP contribution in [0.15, 0.2) is 36.0 Å². The summed E-state index contributed by atoms with van der Waals surface area (Å²) in [6.07, 6.45) is 47.2. The lowest BCUT2D eigenvalue weighted by molar-refractivity contribution is -0.0601. The fourth-order valence-corrected chi connectivity index (χ4v) is 12.2. The number of allylic oxidation sites excluding steroid dienone is 5. The first-order chi connectivity index (χ1) is 29.9. The van der Waals surface area contributed by atoms with Gasteiger partial charge in [-0.15, -0.1) is 0 Å². The number of nitrogens with zero attached hydrogens (tertiary/aromatic N) is 1. The van der Waals surface area contributed by atoms with Crippen LogP contribution in [0.4, 0.5) is 0 Å². The molecular weight excluding hydrogens is 759 g/mol. The molecule has 0 heterocycles. The Kier molecular flexibility index (Phi) is 30.9. The van der Waals surface area contributed by atoms with Crippen LogP contribution in [0.5, 0.6) is 0 Å². The number of unbranched alkanes of at least 4 members (excludes halogenated alkanes) is 10. The van der Waals surface area contributed by atoms with Crippen LogP contribution in [0, 0.1) is 46.3 Å². The van der Waals surface area contributed by atoms with Crippen molar-refractivity contribution < 1.29 is 14.2 Å². The zero-order chi connectivity index (χ0) is 45.6. The number of rotatable bonds is 29. The minimum absolute atomic E-state index is 0.221. The van der Waals surface area contributed by atoms with E-state index in [-0.39, 0.29) is 6.10 Å². The van der Waals surface area contributed by atoms with Crippen LogP contribution in [0.2, 0.25) is 0 Å². The summed E-state index contributed by atoms with van der Waals surface area (Å²) < 4.78 is 17.4. The highest BCUT2D eigenvalue weighted by Crippen LogP contribution is 2.67. The van der Waals surface area contributed by atoms with Gasteiger partial charge in [0.2, 0.25) is 0 Å². The van der Waals surface area contributed by atoms with Gasteiger partial charge in [-0.1, -0.05) is 169 Å². The lowest BCUT2D eigenvalue weighted by Crippen LogP contribution is -2.50. The molecule has 3 saturated carbocycles. The van der Waals surface area contributed by atoms with Crippen molar-refractivity contribution >= 4 is 0 Å². The van der Waals surface area contributed by atoms with Crippen LogP contribution in [0.1, 0.15) is 229 Å². The summed E-state index contributed by atoms with van der Waals surface area (Å²) in [7, 11) is 6.07. The molecule has 4 nitrogen and oxygen atoms in total. The quantitative estimate of drug-likeness (QED) is 0.0554. The average molecular weight is 869 g/mol. The highest BCUT2D eigenvalue weighted by molar-refractivity contribution is 5.25. The largest absolute Gasteiger partial charge is 0.381 e. The zero-order valence-electron chi connectivity index (χ0n) is 43.9. The average Bonchev–Trinajstić information content (AvgIpc) is 3.61. The Hall–Kier alpha value is -0.940. The Bertz CT molecular complexity index is 1160. The standard InChI is InChI=1S/C28H48O.C15H33NO2.C15H28/c1-19(2)8-7-9-20(3)24-12-13-25-23-11-10-21-18-22(29-6)14-16-27(21,4)26(23)15-17-28(24,25)5;1-5-7-9-11-17-14-15(13-16(3)4)18-12-10-8-6-2;1-3-5-7-9-11-13-15-14-12-10-8-6-4-2/h10,19-20,22-26H,7-9,11-18H2,1-6H3;15H,5-14H2,1-4H3;11-14H,3-10,15H2,1-2H3/b;;13-11-,14-12-/t20?,22-,23?,24?,25?,26?,27-,28+;;/m0../s1. The molecule has 0 spiro atoms. The van der Waals surface area contributed by atoms with Crippen LogP contribution in [-0.2, 0) is 14.2 Å². The molecule has 9 atom stereocenters. The van der Waals surface area contributed by atoms with E-state index >= 15 is 0 Å². The fraction of sp³-hybridized carbons (Fsp3) is 0.897. The van der Waals surface area contributed by atoms with Crippen molar-refractivity contribution in [3.05, 3.63) is 36.0 Å². The van der Waals surface area contributed by atoms with Crippen molar-refractivity contribution in [2.75, 3.05) is 47.6 Å². The highest BCUT2D eigenvalue weighted by Gasteiger charge is 2.59. The molecule has 4 aliphatic carbocycles. The molecule has 0 aromatic carbocycles. The third-order valence-corrected chi connectivity index (χ3v) is 16.0. The van der Waals surface area contributed by atoms with Crippen molar-refractivity contribution in [1.82, 2.24) is 4.90 Å². The van der Waals surface area contributed by atoms with Gasteiger partial charge in [0.15, 0.2) is 0 Å². The van der Waals surface area contributed by atoms with Crippen molar-refractivity contribution in [3.63, 3.8) is 0 Å². The Morgan fingerprint density at radius 3 is 1.94 bits per heavy atom. The second kappa shape index (κ2) is 33.5. The molecule has 0 amide bonds. The third kappa shape index (κ3) is 20.7. The molecule has 0 aliphatic heterocycles. The Morgan fingerprint density at radius 2 is 1.34 bits per heavy atom. The van der Waals surface area contributed by atoms with E-state index in [9.17, 15) is 0 Å². The molecule has 6 unspecified atom stereocenters. The van der Waals surface area contributed by atoms with E-state index in [1.807, 2.05) is 7.11 Å². The summed E-state index contributed by atoms with van der Waals surface area (Å²) in [5.74, 6) is 5.63. The van der Waals surface area contributed by atoms with E-state index in [1.165, 1.54) is 154 Å². The summed E-state index contributed by atoms with van der Waals surface area (Å²) in [4.78, 5) is 2.17. The predicted molar refractivity (Wildman–Crippen MR) is 273 cm³/mol. The number of fused-ring (bicyclic) bond motifs is 5. The first-order valence-electron chi connectivity index (χ1n) is 27.3. The maximum absolute atomic E-state index is 5.89. The van der Waals surface area contributed by atoms with E-state index in [4.69, 9.17) is 14.2 Å². The minimum atomic E-state index is 0.221. The lowest BCUT2D eigenvalue weighted by atomic mass is 9.47. The molecule has 0 saturated heterocycles. The molecule has 364 valence electrons. The molecular formula is C58H109NO3. The SMILES string of the molecule is CCCCC/C=C\C/C=C\CCCCC.CCCCCOCC(CN(C)C)OCCCCC.CO[C@H]1CC[C@@]2(C)C(=CCC3C4CCC(C(C)CCCC(C)C)[C@@]4(C)CCC32)C1. The zero-order valence-corrected chi connectivity index (χ0v) is 43.9. The summed E-state index contributed by atoms with van der Waals surface area (Å²) >= 11 is 0. The maximum atomic E-state index is 5.89. The van der Waals surface area contributed by atoms with E-state index < -0.39 is 0 Å². The molecule has 0 aromatic heterocycles. The molecule has 0 bridgehead atoms. The number of likely N-dealkylation sites (N-methyl/N-ethyl adjacent to an activating group) is 1. The van der Waals surface area contributed by atoms with Crippen LogP contribution in [0.3, 0.4) is 0 Å². The smallest absolute Gasteiger partial charge is 0.0934 e. The normalized spacial score (nSPS) is 27.9. The number of hydrogen-bond acceptors (Lipinski definition) is 4. The van der Waals surface area contributed by atoms with Crippen LogP contribution in [0.25, 0.3) is 0 Å². The molecule has 4 rings (SSSR count). The predicted octanol–water partition coefficient (Wildman–Crippen LogP) is 17.0. The molecule has 0 radical (unpaired) electrons. The summed E-state index contributed by atoms with van der Waals surface area (Å²) in [6, 6.07) is 0. The van der Waals surface area contributed by atoms with E-state index in [0.717, 1.165) is 74.7 Å². The number of ether oxygens (including phenoxy) is 3. The van der Waals surface area contributed by atoms with Crippen molar-refractivity contribution in [3.8, 4) is 0 Å². The van der Waals surface area contributed by atoms with E-state index in [0.29, 0.717) is 16.9 Å². The Labute approximate surface area is 389 Å². The molecule has 0 N–H and O–H groups in total. The van der Waals surface area contributed by atoms with Gasteiger partial charge < -0.3 is 19.1 Å². The summed E-state index contributed by atoms with van der Waals surface area (Å²) in [6.45, 7) is 25.0. The van der Waals surface area contributed by atoms with Crippen molar-refractivity contribution in [1.29, 1.82) is 0 Å². The van der Waals surface area contributed by atoms with Crippen LogP contribution < -0.4 is 0 Å². The molecule has 0 aromatic rings. The van der Waals surface area contributed by atoms with Crippen LogP contribution in [-0.4, -0.2) is 64.7 Å². The van der Waals surface area contributed by atoms with Crippen molar-refractivity contribution in [2.45, 2.75) is 241 Å². The van der Waals surface area contributed by atoms with Gasteiger partial charge >= 0.3 is 0 Å². The maximum Gasteiger partial charge on any atom is 0.0934 e. The monoisotopic (exact) mass is 868 g/mol. The first-order valence-corrected chi connectivity index (χ1v) is 27.3. The second-order valence-corrected chi connectivity index (χ2v) is 21.8. The first kappa shape index (κ1) is 57.2. The molecule has 3 fully saturated rings. The van der Waals surface area contributed by atoms with Gasteiger partial charge in [-0.05, 0) is 157 Å². The van der Waals surface area contributed by atoms with Gasteiger partial charge in [-0.2, -0.15) is 0 Å². The van der Waals surface area contributed by atoms with Gasteiger partial charge in [0.05, 0.1) is 18.8 Å². The van der Waals surface area contributed by atoms with Gasteiger partial charge in [-0.3, -0.25) is 0 Å². The van der Waals surface area contributed by atoms with Crippen molar-refractivity contribution in [2.24, 2.45) is 46.3 Å². The third-order valence-electron chi connectivity index (χ3n) is 16.0. The minimum Gasteiger partial charge on any atom is -0.381 e. The van der Waals surface area contributed by atoms with E-state index in [1.54, 1.807) is 5.57 Å². The van der Waals surface area contributed by atoms with Gasteiger partial charge in [-0.25, -0.2) is 0 Å². The summed E-state index contributed by atoms with van der Waals surface area (Å²) in [5, 5.41) is 0. The van der Waals surface area contributed by atoms with E-state index in [2.05, 4.69) is 112 Å². The lowest BCUT2D eigenvalue weighted by Gasteiger charge is -2.58. The fourth-order valence-electron chi connectivity index (χ4n) is 12.2. The van der Waals surface area contributed by atoms with Gasteiger partial charge in [0.25, 0.3) is 0 Å². The number of hydrogen-bond donors (Lipinski definition) is 0. The Morgan fingerprint density at radius 1 is 0.710 bits per heavy atom. The molecule has 62 heavy (non-hydrogen) atoms. The summed E-state index contributed by atoms with van der Waals surface area (Å²) in [5.41, 5.74) is 2.85. The second-order valence-electron chi connectivity index (χ2n) is 21.8. The highest BCUT2D eigenvalue weighted by atomic mass is 16.5. The Balaban J connectivity index is 0.000000347. The number of methoxy groups -OCH3 is 1. The van der Waals surface area contributed by atoms with Gasteiger partial charge in [0, 0.05) is 26.9 Å².